The molecule has 11 heavy (non-hydrogen) atoms. The molecule has 0 aromatic carbocycles. The zero-order valence-corrected chi connectivity index (χ0v) is 7.61. The summed E-state index contributed by atoms with van der Waals surface area (Å²) in [6.07, 6.45) is 9.04. The van der Waals surface area contributed by atoms with Gasteiger partial charge in [-0.25, -0.2) is 0 Å². The van der Waals surface area contributed by atoms with Crippen molar-refractivity contribution in [3.63, 3.8) is 0 Å². The quantitative estimate of drug-likeness (QED) is 0.449. The van der Waals surface area contributed by atoms with E-state index in [0.717, 1.165) is 18.2 Å². The van der Waals surface area contributed by atoms with Crippen molar-refractivity contribution in [1.29, 1.82) is 0 Å². The smallest absolute Gasteiger partial charge is 0.0254 e. The zero-order valence-electron chi connectivity index (χ0n) is 6.85. The van der Waals surface area contributed by atoms with Gasteiger partial charge in [-0.05, 0) is 31.6 Å². The average Bonchev–Trinajstić information content (AvgIpc) is 2.07. The van der Waals surface area contributed by atoms with Crippen molar-refractivity contribution in [2.45, 2.75) is 25.7 Å². The second kappa shape index (κ2) is 4.61. The highest BCUT2D eigenvalue weighted by molar-refractivity contribution is 6.18. The standard InChI is InChI=1S/C10H15Cl/c1-2-3-9-4-6-10(8-11)7-5-9/h2,4,10H,1,3,5-8H2. The molecule has 1 aliphatic rings. The molecular weight excluding hydrogens is 156 g/mol. The highest BCUT2D eigenvalue weighted by atomic mass is 35.5. The highest BCUT2D eigenvalue weighted by Gasteiger charge is 2.11. The third kappa shape index (κ3) is 2.70. The summed E-state index contributed by atoms with van der Waals surface area (Å²) in [5.74, 6) is 1.54. The molecule has 1 aliphatic carbocycles. The maximum Gasteiger partial charge on any atom is 0.0254 e. The normalized spacial score (nSPS) is 24.5. The van der Waals surface area contributed by atoms with Crippen LogP contribution in [-0.2, 0) is 0 Å². The molecule has 0 heterocycles. The SMILES string of the molecule is C=CCC1=CCC(CCl)CC1. The molecule has 0 N–H and O–H groups in total. The molecule has 0 spiro atoms. The van der Waals surface area contributed by atoms with E-state index in [-0.39, 0.29) is 0 Å². The fourth-order valence-corrected chi connectivity index (χ4v) is 1.73. The van der Waals surface area contributed by atoms with E-state index in [0.29, 0.717) is 0 Å². The summed E-state index contributed by atoms with van der Waals surface area (Å²) in [4.78, 5) is 0. The first-order valence-electron chi connectivity index (χ1n) is 4.21. The van der Waals surface area contributed by atoms with E-state index in [1.807, 2.05) is 6.08 Å². The van der Waals surface area contributed by atoms with Crippen molar-refractivity contribution in [3.8, 4) is 0 Å². The maximum atomic E-state index is 5.76. The topological polar surface area (TPSA) is 0 Å². The summed E-state index contributed by atoms with van der Waals surface area (Å²) in [6, 6.07) is 0. The van der Waals surface area contributed by atoms with E-state index >= 15 is 0 Å². The Kier molecular flexibility index (Phi) is 3.71. The number of allylic oxidation sites excluding steroid dienone is 3. The lowest BCUT2D eigenvalue weighted by Crippen LogP contribution is -2.06. The number of halogens is 1. The van der Waals surface area contributed by atoms with E-state index in [2.05, 4.69) is 12.7 Å². The molecule has 0 radical (unpaired) electrons. The zero-order chi connectivity index (χ0) is 8.10. The first kappa shape index (κ1) is 8.86. The molecule has 0 aromatic rings. The van der Waals surface area contributed by atoms with E-state index in [9.17, 15) is 0 Å². The molecule has 0 saturated carbocycles. The monoisotopic (exact) mass is 170 g/mol. The fraction of sp³-hybridized carbons (Fsp3) is 0.600. The van der Waals surface area contributed by atoms with Gasteiger partial charge in [0.1, 0.15) is 0 Å². The first-order valence-corrected chi connectivity index (χ1v) is 4.75. The third-order valence-corrected chi connectivity index (χ3v) is 2.67. The Morgan fingerprint density at radius 2 is 2.55 bits per heavy atom. The average molecular weight is 171 g/mol. The fourth-order valence-electron chi connectivity index (χ4n) is 1.45. The van der Waals surface area contributed by atoms with E-state index < -0.39 is 0 Å². The van der Waals surface area contributed by atoms with Crippen molar-refractivity contribution >= 4 is 11.6 Å². The summed E-state index contributed by atoms with van der Waals surface area (Å²) in [5.41, 5.74) is 1.54. The Labute approximate surface area is 73.9 Å². The van der Waals surface area contributed by atoms with Gasteiger partial charge in [-0.2, -0.15) is 0 Å². The Morgan fingerprint density at radius 3 is 3.00 bits per heavy atom. The molecule has 0 saturated heterocycles. The van der Waals surface area contributed by atoms with Gasteiger partial charge in [0.05, 0.1) is 0 Å². The van der Waals surface area contributed by atoms with Crippen LogP contribution < -0.4 is 0 Å². The number of hydrogen-bond donors (Lipinski definition) is 0. The molecule has 1 unspecified atom stereocenters. The predicted molar refractivity (Wildman–Crippen MR) is 51.0 cm³/mol. The Balaban J connectivity index is 2.37. The van der Waals surface area contributed by atoms with Gasteiger partial charge in [0.25, 0.3) is 0 Å². The minimum absolute atomic E-state index is 0.727. The number of alkyl halides is 1. The maximum absolute atomic E-state index is 5.76. The number of hydrogen-bond acceptors (Lipinski definition) is 0. The summed E-state index contributed by atoms with van der Waals surface area (Å²) >= 11 is 5.76. The van der Waals surface area contributed by atoms with Crippen molar-refractivity contribution < 1.29 is 0 Å². The van der Waals surface area contributed by atoms with E-state index in [4.69, 9.17) is 11.6 Å². The summed E-state index contributed by atoms with van der Waals surface area (Å²) in [6.45, 7) is 3.73. The highest BCUT2D eigenvalue weighted by Crippen LogP contribution is 2.25. The molecule has 62 valence electrons. The van der Waals surface area contributed by atoms with Crippen LogP contribution in [0.2, 0.25) is 0 Å². The molecule has 0 aromatic heterocycles. The second-order valence-corrected chi connectivity index (χ2v) is 3.46. The second-order valence-electron chi connectivity index (χ2n) is 3.15. The Bertz CT molecular complexity index is 158. The van der Waals surface area contributed by atoms with Gasteiger partial charge in [0.15, 0.2) is 0 Å². The summed E-state index contributed by atoms with van der Waals surface area (Å²) in [7, 11) is 0. The van der Waals surface area contributed by atoms with Crippen molar-refractivity contribution in [3.05, 3.63) is 24.3 Å². The van der Waals surface area contributed by atoms with Crippen molar-refractivity contribution in [1.82, 2.24) is 0 Å². The summed E-state index contributed by atoms with van der Waals surface area (Å²) in [5, 5.41) is 0. The minimum atomic E-state index is 0.727. The van der Waals surface area contributed by atoms with Crippen LogP contribution in [-0.4, -0.2) is 5.88 Å². The van der Waals surface area contributed by atoms with Crippen LogP contribution in [0, 0.1) is 5.92 Å². The molecule has 0 amide bonds. The molecule has 1 heteroatoms. The lowest BCUT2D eigenvalue weighted by molar-refractivity contribution is 0.516. The van der Waals surface area contributed by atoms with Crippen LogP contribution >= 0.6 is 11.6 Å². The van der Waals surface area contributed by atoms with Gasteiger partial charge in [0.2, 0.25) is 0 Å². The van der Waals surface area contributed by atoms with Gasteiger partial charge in [0, 0.05) is 5.88 Å². The molecular formula is C10H15Cl. The van der Waals surface area contributed by atoms with Gasteiger partial charge in [-0.1, -0.05) is 17.7 Å². The largest absolute Gasteiger partial charge is 0.126 e. The van der Waals surface area contributed by atoms with Crippen LogP contribution in [0.3, 0.4) is 0 Å². The molecule has 1 rings (SSSR count). The molecule has 0 nitrogen and oxygen atoms in total. The van der Waals surface area contributed by atoms with E-state index in [1.165, 1.54) is 19.3 Å². The first-order chi connectivity index (χ1) is 5.36. The van der Waals surface area contributed by atoms with Crippen molar-refractivity contribution in [2.24, 2.45) is 5.92 Å². The molecule has 0 fully saturated rings. The molecule has 0 bridgehead atoms. The number of rotatable bonds is 3. The van der Waals surface area contributed by atoms with Gasteiger partial charge >= 0.3 is 0 Å². The lowest BCUT2D eigenvalue weighted by Gasteiger charge is -2.18. The van der Waals surface area contributed by atoms with E-state index in [1.54, 1.807) is 5.57 Å². The van der Waals surface area contributed by atoms with Crippen LogP contribution in [0.4, 0.5) is 0 Å². The van der Waals surface area contributed by atoms with Crippen molar-refractivity contribution in [2.75, 3.05) is 5.88 Å². The van der Waals surface area contributed by atoms with Gasteiger partial charge in [-0.15, -0.1) is 18.2 Å². The predicted octanol–water partition coefficient (Wildman–Crippen LogP) is 3.53. The Hall–Kier alpha value is -0.230. The molecule has 1 atom stereocenters. The molecule has 0 aliphatic heterocycles. The lowest BCUT2D eigenvalue weighted by atomic mass is 9.90. The van der Waals surface area contributed by atoms with Gasteiger partial charge < -0.3 is 0 Å². The Morgan fingerprint density at radius 1 is 1.73 bits per heavy atom. The van der Waals surface area contributed by atoms with Gasteiger partial charge in [-0.3, -0.25) is 0 Å². The van der Waals surface area contributed by atoms with Crippen LogP contribution in [0.25, 0.3) is 0 Å². The third-order valence-electron chi connectivity index (χ3n) is 2.24. The summed E-state index contributed by atoms with van der Waals surface area (Å²) < 4.78 is 0. The van der Waals surface area contributed by atoms with Crippen LogP contribution in [0.5, 0.6) is 0 Å². The minimum Gasteiger partial charge on any atom is -0.126 e. The van der Waals surface area contributed by atoms with Crippen LogP contribution in [0.15, 0.2) is 24.3 Å². The van der Waals surface area contributed by atoms with Crippen LogP contribution in [0.1, 0.15) is 25.7 Å².